The van der Waals surface area contributed by atoms with Crippen LogP contribution in [0.2, 0.25) is 0 Å². The number of allylic oxidation sites excluding steroid dienone is 8. The molecule has 1 aliphatic heterocycles. The van der Waals surface area contributed by atoms with E-state index in [-0.39, 0.29) is 0 Å². The normalized spacial score (nSPS) is 15.3. The molecule has 0 aliphatic carbocycles. The lowest BCUT2D eigenvalue weighted by atomic mass is 10.1. The van der Waals surface area contributed by atoms with Crippen molar-refractivity contribution in [2.45, 2.75) is 181 Å². The Balaban J connectivity index is 1.52. The third-order valence-electron chi connectivity index (χ3n) is 10.8. The first kappa shape index (κ1) is 48.2. The van der Waals surface area contributed by atoms with E-state index < -0.39 is 0 Å². The summed E-state index contributed by atoms with van der Waals surface area (Å²) in [6, 6.07) is 0.356. The van der Waals surface area contributed by atoms with Gasteiger partial charge < -0.3 is 14.0 Å². The van der Waals surface area contributed by atoms with Gasteiger partial charge in [0.25, 0.3) is 0 Å². The highest BCUT2D eigenvalue weighted by Crippen LogP contribution is 2.13. The average molecular weight is 751 g/mol. The predicted molar refractivity (Wildman–Crippen MR) is 234 cm³/mol. The molecule has 1 unspecified atom stereocenters. The van der Waals surface area contributed by atoms with E-state index in [4.69, 9.17) is 9.47 Å². The molecular weight excluding hydrogens is 665 g/mol. The van der Waals surface area contributed by atoms with Crippen LogP contribution >= 0.6 is 0 Å². The molecule has 0 aromatic carbocycles. The van der Waals surface area contributed by atoms with Gasteiger partial charge in [0.2, 0.25) is 0 Å². The van der Waals surface area contributed by atoms with Crippen molar-refractivity contribution in [2.75, 3.05) is 59.2 Å². The minimum Gasteiger partial charge on any atom is -0.380 e. The van der Waals surface area contributed by atoms with E-state index in [1.165, 1.54) is 141 Å². The number of hydrogen-bond acceptors (Lipinski definition) is 5. The second-order valence-electron chi connectivity index (χ2n) is 15.7. The van der Waals surface area contributed by atoms with Crippen LogP contribution in [0.3, 0.4) is 0 Å². The number of piperazine rings is 1. The molecule has 2 heterocycles. The Kier molecular flexibility index (Phi) is 33.8. The molecule has 54 heavy (non-hydrogen) atoms. The quantitative estimate of drug-likeness (QED) is 0.0497. The Morgan fingerprint density at radius 2 is 0.963 bits per heavy atom. The molecule has 6 nitrogen and oxygen atoms in total. The first-order valence-electron chi connectivity index (χ1n) is 23.0. The highest BCUT2D eigenvalue weighted by molar-refractivity contribution is 4.93. The molecule has 0 saturated carbocycles. The van der Waals surface area contributed by atoms with E-state index in [0.717, 1.165) is 78.5 Å². The Hall–Kier alpha value is -1.99. The summed E-state index contributed by atoms with van der Waals surface area (Å²) in [6.07, 6.45) is 55.4. The standard InChI is InChI=1S/C48H86N4O2/c1-3-5-7-9-11-13-15-17-19-21-23-25-27-29-31-33-43-53-45-48(52-41-39-50(40-42-52)37-38-51-36-35-49-47-51)46-54-44-34-32-30-28-26-24-22-20-18-16-14-12-10-8-6-4-2/h11-14,17-20,35-36,47-48H,3-10,15-16,21-34,37-46H2,1-2H3/b13-11-,14-12+,19-17-,20-18+. The summed E-state index contributed by atoms with van der Waals surface area (Å²) in [7, 11) is 0. The lowest BCUT2D eigenvalue weighted by molar-refractivity contribution is -0.0142. The number of rotatable bonds is 38. The summed E-state index contributed by atoms with van der Waals surface area (Å²) in [6.45, 7) is 14.4. The van der Waals surface area contributed by atoms with E-state index in [0.29, 0.717) is 6.04 Å². The molecule has 1 aliphatic rings. The van der Waals surface area contributed by atoms with Gasteiger partial charge in [0, 0.05) is 64.9 Å². The van der Waals surface area contributed by atoms with Gasteiger partial charge >= 0.3 is 0 Å². The zero-order valence-corrected chi connectivity index (χ0v) is 35.6. The molecule has 6 heteroatoms. The highest BCUT2D eigenvalue weighted by atomic mass is 16.5. The van der Waals surface area contributed by atoms with Crippen molar-refractivity contribution < 1.29 is 9.47 Å². The minimum atomic E-state index is 0.356. The van der Waals surface area contributed by atoms with Crippen LogP contribution in [-0.4, -0.2) is 84.5 Å². The van der Waals surface area contributed by atoms with Gasteiger partial charge in [-0.15, -0.1) is 0 Å². The zero-order chi connectivity index (χ0) is 38.3. The monoisotopic (exact) mass is 751 g/mol. The lowest BCUT2D eigenvalue weighted by Gasteiger charge is -2.39. The van der Waals surface area contributed by atoms with Gasteiger partial charge in [-0.05, 0) is 77.0 Å². The first-order chi connectivity index (χ1) is 26.8. The number of nitrogens with zero attached hydrogens (tertiary/aromatic N) is 4. The Morgan fingerprint density at radius 3 is 1.41 bits per heavy atom. The van der Waals surface area contributed by atoms with Crippen LogP contribution in [0.5, 0.6) is 0 Å². The van der Waals surface area contributed by atoms with Gasteiger partial charge in [-0.2, -0.15) is 0 Å². The topological polar surface area (TPSA) is 42.8 Å². The van der Waals surface area contributed by atoms with Crippen molar-refractivity contribution in [3.63, 3.8) is 0 Å². The molecule has 0 amide bonds. The van der Waals surface area contributed by atoms with Crippen LogP contribution in [0.25, 0.3) is 0 Å². The Bertz CT molecular complexity index is 960. The van der Waals surface area contributed by atoms with Gasteiger partial charge in [0.05, 0.1) is 25.6 Å². The van der Waals surface area contributed by atoms with E-state index in [2.05, 4.69) is 88.0 Å². The van der Waals surface area contributed by atoms with Gasteiger partial charge in [-0.25, -0.2) is 4.98 Å². The third kappa shape index (κ3) is 29.3. The summed E-state index contributed by atoms with van der Waals surface area (Å²) in [5, 5.41) is 0. The predicted octanol–water partition coefficient (Wildman–Crippen LogP) is 12.5. The largest absolute Gasteiger partial charge is 0.380 e. The highest BCUT2D eigenvalue weighted by Gasteiger charge is 2.24. The zero-order valence-electron chi connectivity index (χ0n) is 35.6. The molecule has 0 spiro atoms. The summed E-state index contributed by atoms with van der Waals surface area (Å²) in [4.78, 5) is 9.41. The van der Waals surface area contributed by atoms with Gasteiger partial charge in [0.1, 0.15) is 0 Å². The maximum absolute atomic E-state index is 6.31. The maximum atomic E-state index is 6.31. The van der Waals surface area contributed by atoms with Crippen molar-refractivity contribution >= 4 is 0 Å². The second-order valence-corrected chi connectivity index (χ2v) is 15.7. The summed E-state index contributed by atoms with van der Waals surface area (Å²) < 4.78 is 14.8. The fourth-order valence-corrected chi connectivity index (χ4v) is 7.11. The van der Waals surface area contributed by atoms with Crippen molar-refractivity contribution in [3.8, 4) is 0 Å². The second kappa shape index (κ2) is 37.9. The van der Waals surface area contributed by atoms with Crippen molar-refractivity contribution in [3.05, 3.63) is 67.3 Å². The molecule has 1 fully saturated rings. The Morgan fingerprint density at radius 1 is 0.519 bits per heavy atom. The summed E-state index contributed by atoms with van der Waals surface area (Å²) in [5.74, 6) is 0. The summed E-state index contributed by atoms with van der Waals surface area (Å²) >= 11 is 0. The molecule has 1 aromatic rings. The first-order valence-corrected chi connectivity index (χ1v) is 23.0. The molecule has 0 N–H and O–H groups in total. The smallest absolute Gasteiger partial charge is 0.0946 e. The van der Waals surface area contributed by atoms with E-state index in [9.17, 15) is 0 Å². The van der Waals surface area contributed by atoms with E-state index >= 15 is 0 Å². The summed E-state index contributed by atoms with van der Waals surface area (Å²) in [5.41, 5.74) is 0. The van der Waals surface area contributed by atoms with Crippen molar-refractivity contribution in [2.24, 2.45) is 0 Å². The minimum absolute atomic E-state index is 0.356. The molecule has 1 atom stereocenters. The van der Waals surface area contributed by atoms with E-state index in [1.807, 2.05) is 12.5 Å². The molecule has 0 radical (unpaired) electrons. The number of hydrogen-bond donors (Lipinski definition) is 0. The average Bonchev–Trinajstić information content (AvgIpc) is 3.72. The van der Waals surface area contributed by atoms with Crippen LogP contribution < -0.4 is 0 Å². The van der Waals surface area contributed by atoms with Crippen molar-refractivity contribution in [1.82, 2.24) is 19.4 Å². The van der Waals surface area contributed by atoms with E-state index in [1.54, 1.807) is 0 Å². The number of imidazole rings is 1. The lowest BCUT2D eigenvalue weighted by Crippen LogP contribution is -2.53. The van der Waals surface area contributed by atoms with Crippen molar-refractivity contribution in [1.29, 1.82) is 0 Å². The fourth-order valence-electron chi connectivity index (χ4n) is 7.11. The molecule has 1 aromatic heterocycles. The van der Waals surface area contributed by atoms with Crippen LogP contribution in [0.4, 0.5) is 0 Å². The SMILES string of the molecule is CCCCC/C=C\C/C=C\CCCCCCCCOCC(COCCCCCCCC/C=C/C/C=C/CCCCC)N1CCN(CCn2ccnc2)CC1. The van der Waals surface area contributed by atoms with Crippen LogP contribution in [0.15, 0.2) is 67.3 Å². The fraction of sp³-hybridized carbons (Fsp3) is 0.771. The molecular formula is C48H86N4O2. The molecule has 310 valence electrons. The van der Waals surface area contributed by atoms with Gasteiger partial charge in [-0.1, -0.05) is 140 Å². The Labute approximate surface area is 334 Å². The molecule has 1 saturated heterocycles. The van der Waals surface area contributed by atoms with Crippen LogP contribution in [-0.2, 0) is 16.0 Å². The third-order valence-corrected chi connectivity index (χ3v) is 10.8. The molecule has 0 bridgehead atoms. The van der Waals surface area contributed by atoms with Crippen LogP contribution in [0, 0.1) is 0 Å². The maximum Gasteiger partial charge on any atom is 0.0946 e. The van der Waals surface area contributed by atoms with Crippen LogP contribution in [0.1, 0.15) is 168 Å². The molecule has 2 rings (SSSR count). The number of unbranched alkanes of at least 4 members (excludes halogenated alkanes) is 18. The van der Waals surface area contributed by atoms with Gasteiger partial charge in [0.15, 0.2) is 0 Å². The number of aromatic nitrogens is 2. The number of ether oxygens (including phenoxy) is 2. The van der Waals surface area contributed by atoms with Gasteiger partial charge in [-0.3, -0.25) is 9.80 Å².